The highest BCUT2D eigenvalue weighted by Crippen LogP contribution is 2.43. The molecule has 0 saturated heterocycles. The Labute approximate surface area is 135 Å². The van der Waals surface area contributed by atoms with E-state index in [1.807, 2.05) is 12.1 Å². The van der Waals surface area contributed by atoms with Crippen molar-refractivity contribution in [1.82, 2.24) is 0 Å². The van der Waals surface area contributed by atoms with Gasteiger partial charge in [-0.05, 0) is 49.5 Å². The average Bonchev–Trinajstić information content (AvgIpc) is 2.60. The van der Waals surface area contributed by atoms with Crippen LogP contribution in [0.25, 0.3) is 0 Å². The summed E-state index contributed by atoms with van der Waals surface area (Å²) >= 11 is 0. The fourth-order valence-corrected chi connectivity index (χ4v) is 3.56. The molecule has 0 amide bonds. The molecule has 2 rings (SSSR count). The van der Waals surface area contributed by atoms with Gasteiger partial charge in [0.2, 0.25) is 0 Å². The summed E-state index contributed by atoms with van der Waals surface area (Å²) in [6.45, 7) is 11.1. The van der Waals surface area contributed by atoms with Crippen LogP contribution < -0.4 is 9.16 Å². The molecular formula is C18H28O3Si. The van der Waals surface area contributed by atoms with Gasteiger partial charge in [-0.3, -0.25) is 4.79 Å². The lowest BCUT2D eigenvalue weighted by Crippen LogP contribution is -2.44. The molecule has 4 heteroatoms. The summed E-state index contributed by atoms with van der Waals surface area (Å²) in [6, 6.07) is 3.78. The van der Waals surface area contributed by atoms with Crippen LogP contribution in [-0.4, -0.2) is 21.2 Å². The van der Waals surface area contributed by atoms with Gasteiger partial charge in [-0.1, -0.05) is 20.8 Å². The Kier molecular flexibility index (Phi) is 4.71. The minimum absolute atomic E-state index is 0.107. The molecule has 0 spiro atoms. The van der Waals surface area contributed by atoms with Crippen LogP contribution in [-0.2, 0) is 6.42 Å². The Morgan fingerprint density at radius 1 is 1.09 bits per heavy atom. The second-order valence-corrected chi connectivity index (χ2v) is 12.3. The van der Waals surface area contributed by atoms with Crippen LogP contribution >= 0.6 is 0 Å². The Morgan fingerprint density at radius 3 is 2.32 bits per heavy atom. The lowest BCUT2D eigenvalue weighted by Gasteiger charge is -2.37. The lowest BCUT2D eigenvalue weighted by atomic mass is 10.0. The molecule has 1 aliphatic carbocycles. The molecule has 0 heterocycles. The molecule has 0 aromatic heterocycles. The van der Waals surface area contributed by atoms with E-state index in [9.17, 15) is 4.79 Å². The van der Waals surface area contributed by atoms with Gasteiger partial charge in [0.15, 0.2) is 17.3 Å². The third kappa shape index (κ3) is 3.22. The maximum Gasteiger partial charge on any atom is 0.250 e. The predicted molar refractivity (Wildman–Crippen MR) is 92.7 cm³/mol. The highest BCUT2D eigenvalue weighted by Gasteiger charge is 2.40. The van der Waals surface area contributed by atoms with Gasteiger partial charge >= 0.3 is 0 Å². The van der Waals surface area contributed by atoms with Crippen LogP contribution in [0.2, 0.25) is 18.1 Å². The molecule has 0 bridgehead atoms. The number of rotatable bonds is 3. The van der Waals surface area contributed by atoms with E-state index in [2.05, 4.69) is 33.9 Å². The molecule has 1 aromatic rings. The van der Waals surface area contributed by atoms with E-state index in [-0.39, 0.29) is 10.8 Å². The van der Waals surface area contributed by atoms with E-state index in [0.717, 1.165) is 41.9 Å². The monoisotopic (exact) mass is 320 g/mol. The second kappa shape index (κ2) is 6.07. The van der Waals surface area contributed by atoms with E-state index < -0.39 is 8.32 Å². The molecule has 0 unspecified atom stereocenters. The predicted octanol–water partition coefficient (Wildman–Crippen LogP) is 4.99. The Bertz CT molecular complexity index is 570. The zero-order valence-corrected chi connectivity index (χ0v) is 15.7. The van der Waals surface area contributed by atoms with Crippen LogP contribution in [0.15, 0.2) is 12.1 Å². The molecule has 1 aromatic carbocycles. The zero-order chi connectivity index (χ0) is 16.5. The smallest absolute Gasteiger partial charge is 0.250 e. The zero-order valence-electron chi connectivity index (χ0n) is 14.7. The number of carbonyl (C=O) groups is 1. The van der Waals surface area contributed by atoms with Crippen molar-refractivity contribution in [3.63, 3.8) is 0 Å². The molecule has 3 nitrogen and oxygen atoms in total. The molecule has 1 aliphatic rings. The van der Waals surface area contributed by atoms with Crippen LogP contribution in [0.4, 0.5) is 0 Å². The number of hydrogen-bond acceptors (Lipinski definition) is 3. The SMILES string of the molecule is COc1ccc2c(c1O[Si](C)(C)C(C)(C)C)CCCCC2=O. The standard InChI is InChI=1S/C18H28O3Si/c1-18(2,3)22(5,6)21-17-14-9-7-8-10-15(19)13(14)11-12-16(17)20-4/h11-12H,7-10H2,1-6H3. The van der Waals surface area contributed by atoms with E-state index in [1.165, 1.54) is 0 Å². The van der Waals surface area contributed by atoms with E-state index >= 15 is 0 Å². The minimum atomic E-state index is -1.98. The average molecular weight is 321 g/mol. The van der Waals surface area contributed by atoms with E-state index in [1.54, 1.807) is 7.11 Å². The van der Waals surface area contributed by atoms with Crippen LogP contribution in [0.1, 0.15) is 56.0 Å². The molecule has 0 fully saturated rings. The summed E-state index contributed by atoms with van der Waals surface area (Å²) in [5.74, 6) is 1.79. The number of hydrogen-bond donors (Lipinski definition) is 0. The Balaban J connectivity index is 2.54. The molecule has 0 saturated carbocycles. The summed E-state index contributed by atoms with van der Waals surface area (Å²) < 4.78 is 12.1. The molecule has 122 valence electrons. The number of Topliss-reactive ketones (excluding diaryl/α,β-unsaturated/α-hetero) is 1. The van der Waals surface area contributed by atoms with Gasteiger partial charge in [-0.2, -0.15) is 0 Å². The number of benzene rings is 1. The number of ketones is 1. The van der Waals surface area contributed by atoms with Crippen molar-refractivity contribution in [1.29, 1.82) is 0 Å². The van der Waals surface area contributed by atoms with Gasteiger partial charge in [0.1, 0.15) is 0 Å². The number of ether oxygens (including phenoxy) is 1. The van der Waals surface area contributed by atoms with Crippen molar-refractivity contribution < 1.29 is 14.0 Å². The van der Waals surface area contributed by atoms with Gasteiger partial charge in [-0.25, -0.2) is 0 Å². The van der Waals surface area contributed by atoms with Gasteiger partial charge in [0.05, 0.1) is 7.11 Å². The Hall–Kier alpha value is -1.29. The van der Waals surface area contributed by atoms with Crippen LogP contribution in [0.3, 0.4) is 0 Å². The largest absolute Gasteiger partial charge is 0.541 e. The molecule has 0 N–H and O–H groups in total. The third-order valence-electron chi connectivity index (χ3n) is 4.99. The third-order valence-corrected chi connectivity index (χ3v) is 9.32. The highest BCUT2D eigenvalue weighted by atomic mass is 28.4. The van der Waals surface area contributed by atoms with E-state index in [0.29, 0.717) is 6.42 Å². The maximum atomic E-state index is 12.3. The van der Waals surface area contributed by atoms with Gasteiger partial charge in [-0.15, -0.1) is 0 Å². The van der Waals surface area contributed by atoms with Crippen molar-refractivity contribution in [2.24, 2.45) is 0 Å². The molecular weight excluding hydrogens is 292 g/mol. The maximum absolute atomic E-state index is 12.3. The molecule has 0 aliphatic heterocycles. The van der Waals surface area contributed by atoms with Gasteiger partial charge in [0, 0.05) is 17.5 Å². The normalized spacial score (nSPS) is 16.0. The summed E-state index contributed by atoms with van der Waals surface area (Å²) in [4.78, 5) is 12.3. The summed E-state index contributed by atoms with van der Waals surface area (Å²) in [6.07, 6.45) is 3.51. The lowest BCUT2D eigenvalue weighted by molar-refractivity contribution is 0.0981. The van der Waals surface area contributed by atoms with Crippen molar-refractivity contribution >= 4 is 14.1 Å². The fraction of sp³-hybridized carbons (Fsp3) is 0.611. The molecule has 0 atom stereocenters. The number of fused-ring (bicyclic) bond motifs is 1. The summed E-state index contributed by atoms with van der Waals surface area (Å²) in [7, 11) is -0.317. The summed E-state index contributed by atoms with van der Waals surface area (Å²) in [5.41, 5.74) is 1.87. The topological polar surface area (TPSA) is 35.5 Å². The first-order valence-electron chi connectivity index (χ1n) is 8.09. The molecule has 22 heavy (non-hydrogen) atoms. The first-order valence-corrected chi connectivity index (χ1v) is 11.0. The summed E-state index contributed by atoms with van der Waals surface area (Å²) in [5, 5.41) is 0.107. The van der Waals surface area contributed by atoms with Crippen molar-refractivity contribution in [2.75, 3.05) is 7.11 Å². The first-order chi connectivity index (χ1) is 10.2. The fourth-order valence-electron chi connectivity index (χ4n) is 2.52. The van der Waals surface area contributed by atoms with Crippen LogP contribution in [0.5, 0.6) is 11.5 Å². The Morgan fingerprint density at radius 2 is 1.73 bits per heavy atom. The number of methoxy groups -OCH3 is 1. The highest BCUT2D eigenvalue weighted by molar-refractivity contribution is 6.74. The quantitative estimate of drug-likeness (QED) is 0.581. The van der Waals surface area contributed by atoms with Crippen molar-refractivity contribution in [3.05, 3.63) is 23.3 Å². The second-order valence-electron chi connectivity index (χ2n) is 7.62. The van der Waals surface area contributed by atoms with Crippen molar-refractivity contribution in [2.45, 2.75) is 64.6 Å². The first kappa shape index (κ1) is 17.1. The van der Waals surface area contributed by atoms with Gasteiger partial charge in [0.25, 0.3) is 8.32 Å². The number of carbonyl (C=O) groups excluding carboxylic acids is 1. The van der Waals surface area contributed by atoms with Crippen molar-refractivity contribution in [3.8, 4) is 11.5 Å². The minimum Gasteiger partial charge on any atom is -0.541 e. The van der Waals surface area contributed by atoms with Gasteiger partial charge < -0.3 is 9.16 Å². The van der Waals surface area contributed by atoms with Crippen LogP contribution in [0, 0.1) is 0 Å². The molecule has 0 radical (unpaired) electrons. The van der Waals surface area contributed by atoms with E-state index in [4.69, 9.17) is 9.16 Å².